The van der Waals surface area contributed by atoms with Gasteiger partial charge < -0.3 is 9.30 Å². The molecule has 0 amide bonds. The maximum atomic E-state index is 12.6. The third-order valence-electron chi connectivity index (χ3n) is 4.13. The summed E-state index contributed by atoms with van der Waals surface area (Å²) in [5, 5.41) is 0. The summed E-state index contributed by atoms with van der Waals surface area (Å²) in [6.07, 6.45) is 1.95. The van der Waals surface area contributed by atoms with E-state index in [0.717, 1.165) is 5.69 Å². The molecule has 6 nitrogen and oxygen atoms in total. The zero-order chi connectivity index (χ0) is 19.3. The molecule has 26 heavy (non-hydrogen) atoms. The van der Waals surface area contributed by atoms with Gasteiger partial charge in [0, 0.05) is 25.5 Å². The molecule has 7 heteroatoms. The van der Waals surface area contributed by atoms with Crippen LogP contribution in [0, 0.1) is 5.92 Å². The van der Waals surface area contributed by atoms with E-state index in [2.05, 4.69) is 18.6 Å². The number of likely N-dealkylation sites (N-methyl/N-ethyl adjacent to an activating group) is 1. The van der Waals surface area contributed by atoms with Crippen LogP contribution in [0.25, 0.3) is 0 Å². The summed E-state index contributed by atoms with van der Waals surface area (Å²) in [6, 6.07) is 10.4. The summed E-state index contributed by atoms with van der Waals surface area (Å²) >= 11 is 0. The Morgan fingerprint density at radius 1 is 1.15 bits per heavy atom. The first-order chi connectivity index (χ1) is 12.2. The molecule has 0 spiro atoms. The SMILES string of the molecule is CC(C)COc1ccc(S(=O)(=O)NCC(c2cccn2C)N(C)C)cc1. The van der Waals surface area contributed by atoms with E-state index in [1.165, 1.54) is 0 Å². The van der Waals surface area contributed by atoms with Crippen LogP contribution in [0.4, 0.5) is 0 Å². The lowest BCUT2D eigenvalue weighted by molar-refractivity contribution is 0.271. The van der Waals surface area contributed by atoms with E-state index in [9.17, 15) is 8.42 Å². The van der Waals surface area contributed by atoms with Crippen LogP contribution in [0.1, 0.15) is 25.6 Å². The Balaban J connectivity index is 2.06. The fourth-order valence-corrected chi connectivity index (χ4v) is 3.66. The Hall–Kier alpha value is -1.83. The third kappa shape index (κ3) is 5.33. The van der Waals surface area contributed by atoms with Gasteiger partial charge in [-0.2, -0.15) is 0 Å². The number of benzene rings is 1. The van der Waals surface area contributed by atoms with Gasteiger partial charge in [-0.15, -0.1) is 0 Å². The van der Waals surface area contributed by atoms with Gasteiger partial charge in [0.05, 0.1) is 17.5 Å². The second-order valence-electron chi connectivity index (χ2n) is 7.05. The van der Waals surface area contributed by atoms with Crippen LogP contribution in [-0.2, 0) is 17.1 Å². The number of sulfonamides is 1. The first-order valence-corrected chi connectivity index (χ1v) is 10.2. The predicted octanol–water partition coefficient (Wildman–Crippen LogP) is 2.64. The lowest BCUT2D eigenvalue weighted by atomic mass is 10.2. The maximum absolute atomic E-state index is 12.6. The van der Waals surface area contributed by atoms with Crippen molar-refractivity contribution in [1.82, 2.24) is 14.2 Å². The fraction of sp³-hybridized carbons (Fsp3) is 0.474. The molecule has 0 aliphatic rings. The topological polar surface area (TPSA) is 63.6 Å². The van der Waals surface area contributed by atoms with E-state index in [0.29, 0.717) is 24.8 Å². The molecule has 2 aromatic rings. The Morgan fingerprint density at radius 2 is 1.81 bits per heavy atom. The van der Waals surface area contributed by atoms with Gasteiger partial charge in [0.2, 0.25) is 10.0 Å². The zero-order valence-corrected chi connectivity index (χ0v) is 17.0. The van der Waals surface area contributed by atoms with Crippen molar-refractivity contribution in [3.05, 3.63) is 48.3 Å². The Bertz CT molecular complexity index is 796. The van der Waals surface area contributed by atoms with E-state index in [1.807, 2.05) is 48.9 Å². The highest BCUT2D eigenvalue weighted by atomic mass is 32.2. The summed E-state index contributed by atoms with van der Waals surface area (Å²) in [4.78, 5) is 2.24. The highest BCUT2D eigenvalue weighted by Gasteiger charge is 2.21. The Morgan fingerprint density at radius 3 is 2.31 bits per heavy atom. The van der Waals surface area contributed by atoms with Gasteiger partial charge in [0.25, 0.3) is 0 Å². The number of hydrogen-bond acceptors (Lipinski definition) is 4. The molecule has 0 fully saturated rings. The van der Waals surface area contributed by atoms with Crippen LogP contribution in [0.2, 0.25) is 0 Å². The zero-order valence-electron chi connectivity index (χ0n) is 16.1. The van der Waals surface area contributed by atoms with E-state index in [1.54, 1.807) is 24.3 Å². The molecule has 0 radical (unpaired) electrons. The minimum atomic E-state index is -3.58. The normalized spacial score (nSPS) is 13.3. The molecular formula is C19H29N3O3S. The standard InChI is InChI=1S/C19H29N3O3S/c1-15(2)14-25-16-8-10-17(11-9-16)26(23,24)20-13-19(21(3)4)18-7-6-12-22(18)5/h6-12,15,19-20H,13-14H2,1-5H3. The number of hydrogen-bond donors (Lipinski definition) is 1. The van der Waals surface area contributed by atoms with Gasteiger partial charge >= 0.3 is 0 Å². The van der Waals surface area contributed by atoms with E-state index < -0.39 is 10.0 Å². The first-order valence-electron chi connectivity index (χ1n) is 8.71. The van der Waals surface area contributed by atoms with Crippen molar-refractivity contribution < 1.29 is 13.2 Å². The molecular weight excluding hydrogens is 350 g/mol. The average molecular weight is 380 g/mol. The van der Waals surface area contributed by atoms with E-state index >= 15 is 0 Å². The number of aromatic nitrogens is 1. The van der Waals surface area contributed by atoms with Crippen LogP contribution in [0.15, 0.2) is 47.5 Å². The molecule has 1 unspecified atom stereocenters. The second kappa shape index (κ2) is 8.70. The van der Waals surface area contributed by atoms with Gasteiger partial charge in [0.15, 0.2) is 0 Å². The molecule has 1 aromatic heterocycles. The van der Waals surface area contributed by atoms with Crippen molar-refractivity contribution in [2.75, 3.05) is 27.2 Å². The Labute approximate surface area is 156 Å². The van der Waals surface area contributed by atoms with E-state index in [-0.39, 0.29) is 10.9 Å². The van der Waals surface area contributed by atoms with Crippen LogP contribution in [-0.4, -0.2) is 45.1 Å². The van der Waals surface area contributed by atoms with Crippen molar-refractivity contribution in [3.63, 3.8) is 0 Å². The molecule has 1 heterocycles. The Kier molecular flexibility index (Phi) is 6.86. The molecule has 0 aliphatic carbocycles. The molecule has 1 atom stereocenters. The van der Waals surface area contributed by atoms with Crippen molar-refractivity contribution in [1.29, 1.82) is 0 Å². The van der Waals surface area contributed by atoms with Crippen LogP contribution in [0.5, 0.6) is 5.75 Å². The summed E-state index contributed by atoms with van der Waals surface area (Å²) in [6.45, 7) is 5.03. The second-order valence-corrected chi connectivity index (χ2v) is 8.82. The van der Waals surface area contributed by atoms with Crippen molar-refractivity contribution in [2.45, 2.75) is 24.8 Å². The monoisotopic (exact) mass is 379 g/mol. The maximum Gasteiger partial charge on any atom is 0.240 e. The summed E-state index contributed by atoms with van der Waals surface area (Å²) < 4.78 is 35.5. The molecule has 0 bridgehead atoms. The van der Waals surface area contributed by atoms with E-state index in [4.69, 9.17) is 4.74 Å². The first kappa shape index (κ1) is 20.5. The molecule has 1 N–H and O–H groups in total. The van der Waals surface area contributed by atoms with Crippen molar-refractivity contribution >= 4 is 10.0 Å². The highest BCUT2D eigenvalue weighted by molar-refractivity contribution is 7.89. The summed E-state index contributed by atoms with van der Waals surface area (Å²) in [7, 11) is 2.25. The van der Waals surface area contributed by atoms with Gasteiger partial charge in [-0.25, -0.2) is 13.1 Å². The summed E-state index contributed by atoms with van der Waals surface area (Å²) in [5.74, 6) is 1.09. The fourth-order valence-electron chi connectivity index (χ4n) is 2.62. The predicted molar refractivity (Wildman–Crippen MR) is 104 cm³/mol. The highest BCUT2D eigenvalue weighted by Crippen LogP contribution is 2.20. The molecule has 1 aromatic carbocycles. The number of nitrogens with zero attached hydrogens (tertiary/aromatic N) is 2. The number of nitrogens with one attached hydrogen (secondary N) is 1. The quantitative estimate of drug-likeness (QED) is 0.727. The van der Waals surface area contributed by atoms with Gasteiger partial charge in [0.1, 0.15) is 5.75 Å². The van der Waals surface area contributed by atoms with Crippen LogP contribution < -0.4 is 9.46 Å². The molecule has 0 aliphatic heterocycles. The largest absolute Gasteiger partial charge is 0.493 e. The minimum Gasteiger partial charge on any atom is -0.493 e. The molecule has 0 saturated carbocycles. The van der Waals surface area contributed by atoms with Crippen LogP contribution >= 0.6 is 0 Å². The number of ether oxygens (including phenoxy) is 1. The minimum absolute atomic E-state index is 0.0570. The third-order valence-corrected chi connectivity index (χ3v) is 5.57. The molecule has 2 rings (SSSR count). The molecule has 144 valence electrons. The van der Waals surface area contributed by atoms with Crippen molar-refractivity contribution in [3.8, 4) is 5.75 Å². The van der Waals surface area contributed by atoms with Crippen molar-refractivity contribution in [2.24, 2.45) is 13.0 Å². The van der Waals surface area contributed by atoms with Gasteiger partial charge in [-0.1, -0.05) is 13.8 Å². The smallest absolute Gasteiger partial charge is 0.240 e. The summed E-state index contributed by atoms with van der Waals surface area (Å²) in [5.41, 5.74) is 1.05. The lowest BCUT2D eigenvalue weighted by Gasteiger charge is -2.25. The average Bonchev–Trinajstić information content (AvgIpc) is 2.99. The van der Waals surface area contributed by atoms with Crippen LogP contribution in [0.3, 0.4) is 0 Å². The van der Waals surface area contributed by atoms with Gasteiger partial charge in [-0.3, -0.25) is 4.90 Å². The lowest BCUT2D eigenvalue weighted by Crippen LogP contribution is -2.35. The van der Waals surface area contributed by atoms with Gasteiger partial charge in [-0.05, 0) is 56.4 Å². The number of aryl methyl sites for hydroxylation is 1. The molecule has 0 saturated heterocycles. The number of rotatable bonds is 9.